The predicted molar refractivity (Wildman–Crippen MR) is 112 cm³/mol. The summed E-state index contributed by atoms with van der Waals surface area (Å²) in [5.41, 5.74) is 2.59. The maximum Gasteiger partial charge on any atom is 0.419 e. The smallest absolute Gasteiger partial charge is 0.419 e. The first-order chi connectivity index (χ1) is 15.1. The number of allylic oxidation sites excluding steroid dienone is 2. The van der Waals surface area contributed by atoms with E-state index in [0.717, 1.165) is 22.6 Å². The second-order valence-corrected chi connectivity index (χ2v) is 6.65. The van der Waals surface area contributed by atoms with Crippen molar-refractivity contribution >= 4 is 18.1 Å². The molecule has 2 aromatic heterocycles. The number of cyclic esters (lactones) is 1. The van der Waals surface area contributed by atoms with Crippen LogP contribution in [0.3, 0.4) is 0 Å². The lowest BCUT2D eigenvalue weighted by atomic mass is 10.2. The van der Waals surface area contributed by atoms with E-state index in [9.17, 15) is 9.59 Å². The third kappa shape index (κ3) is 5.05. The van der Waals surface area contributed by atoms with Gasteiger partial charge in [-0.15, -0.1) is 0 Å². The van der Waals surface area contributed by atoms with Crippen LogP contribution in [0.15, 0.2) is 71.0 Å². The van der Waals surface area contributed by atoms with Gasteiger partial charge in [0.15, 0.2) is 5.76 Å². The Morgan fingerprint density at radius 2 is 1.97 bits per heavy atom. The topological polar surface area (TPSA) is 104 Å². The molecular weight excluding hydrogens is 398 g/mol. The van der Waals surface area contributed by atoms with Gasteiger partial charge in [-0.2, -0.15) is 0 Å². The van der Waals surface area contributed by atoms with E-state index >= 15 is 0 Å². The summed E-state index contributed by atoms with van der Waals surface area (Å²) in [7, 11) is 0. The minimum absolute atomic E-state index is 0.0484. The van der Waals surface area contributed by atoms with Crippen LogP contribution in [0.2, 0.25) is 0 Å². The number of ether oxygens (including phenoxy) is 2. The van der Waals surface area contributed by atoms with Gasteiger partial charge in [-0.3, -0.25) is 10.1 Å². The molecule has 3 aromatic rings. The monoisotopic (exact) mass is 417 g/mol. The molecule has 1 saturated heterocycles. The zero-order valence-corrected chi connectivity index (χ0v) is 16.7. The molecule has 31 heavy (non-hydrogen) atoms. The summed E-state index contributed by atoms with van der Waals surface area (Å²) in [6.45, 7) is 2.30. The number of nitrogens with zero attached hydrogens (tertiary/aromatic N) is 2. The molecule has 1 aromatic carbocycles. The molecule has 0 saturated carbocycles. The van der Waals surface area contributed by atoms with Gasteiger partial charge in [0.25, 0.3) is 5.91 Å². The van der Waals surface area contributed by atoms with Gasteiger partial charge in [-0.1, -0.05) is 30.4 Å². The van der Waals surface area contributed by atoms with Crippen LogP contribution in [-0.4, -0.2) is 28.6 Å². The van der Waals surface area contributed by atoms with Crippen molar-refractivity contribution in [2.24, 2.45) is 0 Å². The minimum Gasteiger partial charge on any atom is -0.477 e. The number of aryl methyl sites for hydroxylation is 1. The van der Waals surface area contributed by atoms with Gasteiger partial charge in [0, 0.05) is 24.2 Å². The van der Waals surface area contributed by atoms with Gasteiger partial charge in [0.1, 0.15) is 5.76 Å². The number of aromatic nitrogens is 2. The zero-order valence-electron chi connectivity index (χ0n) is 16.7. The predicted octanol–water partition coefficient (Wildman–Crippen LogP) is 3.83. The van der Waals surface area contributed by atoms with Crippen molar-refractivity contribution in [1.82, 2.24) is 15.3 Å². The van der Waals surface area contributed by atoms with Crippen molar-refractivity contribution in [1.29, 1.82) is 0 Å². The number of nitrogens with one attached hydrogen (secondary N) is 1. The van der Waals surface area contributed by atoms with E-state index < -0.39 is 12.0 Å². The fraction of sp³-hybridized carbons (Fsp3) is 0.130. The number of oxazole rings is 1. The number of rotatable bonds is 7. The van der Waals surface area contributed by atoms with E-state index in [1.54, 1.807) is 24.4 Å². The summed E-state index contributed by atoms with van der Waals surface area (Å²) >= 11 is 0. The SMILES string of the molecule is Cc1oc(-c2ccccc2)nc1CCOc1ccc(/C=C/C=C2\OC(=O)NC2=O)cn1. The van der Waals surface area contributed by atoms with E-state index in [4.69, 9.17) is 13.9 Å². The summed E-state index contributed by atoms with van der Waals surface area (Å²) in [5, 5.41) is 2.03. The lowest BCUT2D eigenvalue weighted by molar-refractivity contribution is -0.116. The number of carbonyl (C=O) groups is 2. The molecule has 2 amide bonds. The molecule has 8 nitrogen and oxygen atoms in total. The Bertz CT molecular complexity index is 1150. The van der Waals surface area contributed by atoms with Gasteiger partial charge in [-0.05, 0) is 36.8 Å². The zero-order chi connectivity index (χ0) is 21.6. The number of alkyl carbamates (subject to hydrolysis) is 1. The molecule has 1 fully saturated rings. The van der Waals surface area contributed by atoms with E-state index in [1.807, 2.05) is 48.6 Å². The Kier molecular flexibility index (Phi) is 5.89. The molecule has 1 N–H and O–H groups in total. The third-order valence-electron chi connectivity index (χ3n) is 4.44. The van der Waals surface area contributed by atoms with E-state index in [1.165, 1.54) is 6.08 Å². The lowest BCUT2D eigenvalue weighted by Crippen LogP contribution is -2.18. The molecule has 4 rings (SSSR count). The Balaban J connectivity index is 1.30. The summed E-state index contributed by atoms with van der Waals surface area (Å²) in [4.78, 5) is 31.1. The second-order valence-electron chi connectivity index (χ2n) is 6.65. The normalized spacial score (nSPS) is 14.8. The average Bonchev–Trinajstić information content (AvgIpc) is 3.31. The number of carbonyl (C=O) groups excluding carboxylic acids is 2. The van der Waals surface area contributed by atoms with Crippen LogP contribution in [0.1, 0.15) is 17.0 Å². The highest BCUT2D eigenvalue weighted by Crippen LogP contribution is 2.21. The maximum absolute atomic E-state index is 11.4. The van der Waals surface area contributed by atoms with Crippen molar-refractivity contribution in [3.8, 4) is 17.3 Å². The van der Waals surface area contributed by atoms with E-state index in [-0.39, 0.29) is 5.76 Å². The fourth-order valence-electron chi connectivity index (χ4n) is 2.87. The van der Waals surface area contributed by atoms with Crippen LogP contribution in [0.25, 0.3) is 17.5 Å². The quantitative estimate of drug-likeness (QED) is 0.583. The van der Waals surface area contributed by atoms with Crippen molar-refractivity contribution < 1.29 is 23.5 Å². The molecule has 0 radical (unpaired) electrons. The van der Waals surface area contributed by atoms with Crippen molar-refractivity contribution in [2.75, 3.05) is 6.61 Å². The highest BCUT2D eigenvalue weighted by Gasteiger charge is 2.25. The molecule has 0 aliphatic carbocycles. The summed E-state index contributed by atoms with van der Waals surface area (Å²) in [6, 6.07) is 13.3. The standard InChI is InChI=1S/C23H19N3O5/c1-15-18(25-22(30-15)17-7-3-2-4-8-17)12-13-29-20-11-10-16(14-24-20)6-5-9-19-21(27)26-23(28)31-19/h2-11,14H,12-13H2,1H3,(H,26,27,28)/b6-5+,19-9-. The molecule has 1 aliphatic heterocycles. The molecule has 1 aliphatic rings. The average molecular weight is 417 g/mol. The van der Waals surface area contributed by atoms with Gasteiger partial charge in [0.05, 0.1) is 12.3 Å². The second kappa shape index (κ2) is 9.08. The Hall–Kier alpha value is -4.20. The maximum atomic E-state index is 11.4. The van der Waals surface area contributed by atoms with Gasteiger partial charge < -0.3 is 13.9 Å². The van der Waals surface area contributed by atoms with Crippen LogP contribution in [0, 0.1) is 6.92 Å². The van der Waals surface area contributed by atoms with Gasteiger partial charge >= 0.3 is 6.09 Å². The van der Waals surface area contributed by atoms with Gasteiger partial charge in [-0.25, -0.2) is 14.8 Å². The first-order valence-electron chi connectivity index (χ1n) is 9.60. The van der Waals surface area contributed by atoms with Crippen LogP contribution in [0.5, 0.6) is 5.88 Å². The van der Waals surface area contributed by atoms with Gasteiger partial charge in [0.2, 0.25) is 11.8 Å². The van der Waals surface area contributed by atoms with Crippen LogP contribution in [0.4, 0.5) is 4.79 Å². The number of hydrogen-bond acceptors (Lipinski definition) is 7. The molecule has 8 heteroatoms. The molecule has 0 bridgehead atoms. The molecule has 3 heterocycles. The molecular formula is C23H19N3O5. The first kappa shape index (κ1) is 20.1. The number of benzene rings is 1. The third-order valence-corrected chi connectivity index (χ3v) is 4.44. The summed E-state index contributed by atoms with van der Waals surface area (Å²) in [6.07, 6.45) is 6.20. The number of amides is 2. The lowest BCUT2D eigenvalue weighted by Gasteiger charge is -2.04. The Labute approximate surface area is 178 Å². The Morgan fingerprint density at radius 1 is 1.13 bits per heavy atom. The molecule has 0 spiro atoms. The van der Waals surface area contributed by atoms with Crippen LogP contribution >= 0.6 is 0 Å². The summed E-state index contributed by atoms with van der Waals surface area (Å²) in [5.74, 6) is 1.25. The molecule has 156 valence electrons. The first-order valence-corrected chi connectivity index (χ1v) is 9.60. The fourth-order valence-corrected chi connectivity index (χ4v) is 2.87. The molecule has 0 atom stereocenters. The van der Waals surface area contributed by atoms with E-state index in [2.05, 4.69) is 9.97 Å². The number of hydrogen-bond donors (Lipinski definition) is 1. The van der Waals surface area contributed by atoms with Crippen molar-refractivity contribution in [3.05, 3.63) is 83.6 Å². The summed E-state index contributed by atoms with van der Waals surface area (Å²) < 4.78 is 16.2. The highest BCUT2D eigenvalue weighted by molar-refractivity contribution is 6.07. The molecule has 0 unspecified atom stereocenters. The highest BCUT2D eigenvalue weighted by atomic mass is 16.6. The number of pyridine rings is 1. The Morgan fingerprint density at radius 3 is 2.68 bits per heavy atom. The number of imide groups is 1. The van der Waals surface area contributed by atoms with Crippen molar-refractivity contribution in [2.45, 2.75) is 13.3 Å². The largest absolute Gasteiger partial charge is 0.477 e. The van der Waals surface area contributed by atoms with Crippen molar-refractivity contribution in [3.63, 3.8) is 0 Å². The van der Waals surface area contributed by atoms with Crippen LogP contribution < -0.4 is 10.1 Å². The van der Waals surface area contributed by atoms with E-state index in [0.29, 0.717) is 24.8 Å². The van der Waals surface area contributed by atoms with Crippen LogP contribution in [-0.2, 0) is 16.0 Å². The minimum atomic E-state index is -0.773.